The van der Waals surface area contributed by atoms with E-state index in [4.69, 9.17) is 5.73 Å². The quantitative estimate of drug-likeness (QED) is 0.536. The number of alkyl halides is 3. The van der Waals surface area contributed by atoms with Crippen LogP contribution in [0.4, 0.5) is 13.2 Å². The highest BCUT2D eigenvalue weighted by molar-refractivity contribution is 6.09. The van der Waals surface area contributed by atoms with Crippen molar-refractivity contribution in [3.05, 3.63) is 101 Å². The average molecular weight is 482 g/mol. The van der Waals surface area contributed by atoms with Crippen LogP contribution in [0.15, 0.2) is 84.1 Å². The van der Waals surface area contributed by atoms with E-state index >= 15 is 0 Å². The molecule has 3 aromatic rings. The maximum atomic E-state index is 13.8. The molecule has 0 bridgehead atoms. The van der Waals surface area contributed by atoms with Gasteiger partial charge in [0.05, 0.1) is 5.56 Å². The molecule has 0 aliphatic carbocycles. The first-order valence-corrected chi connectivity index (χ1v) is 11.2. The summed E-state index contributed by atoms with van der Waals surface area (Å²) in [7, 11) is 1.58. The predicted molar refractivity (Wildman–Crippen MR) is 128 cm³/mol. The first-order valence-electron chi connectivity index (χ1n) is 11.2. The van der Waals surface area contributed by atoms with E-state index in [-0.39, 0.29) is 11.6 Å². The summed E-state index contributed by atoms with van der Waals surface area (Å²) < 4.78 is 40.4. The first-order chi connectivity index (χ1) is 16.7. The molecule has 4 rings (SSSR count). The second-order valence-electron chi connectivity index (χ2n) is 8.45. The Bertz CT molecular complexity index is 1190. The maximum Gasteiger partial charge on any atom is 0.416 e. The Kier molecular flexibility index (Phi) is 7.00. The van der Waals surface area contributed by atoms with E-state index in [1.807, 2.05) is 30.3 Å². The Morgan fingerprint density at radius 2 is 1.77 bits per heavy atom. The number of aliphatic imine (C=N–C) groups is 1. The van der Waals surface area contributed by atoms with E-state index in [1.165, 1.54) is 35.6 Å². The minimum atomic E-state index is -4.54. The number of pyridine rings is 1. The Labute approximate surface area is 201 Å². The van der Waals surface area contributed by atoms with Crippen molar-refractivity contribution in [2.75, 3.05) is 13.6 Å². The fraction of sp³-hybridized carbons (Fsp3) is 0.269. The van der Waals surface area contributed by atoms with Crippen molar-refractivity contribution >= 4 is 12.1 Å². The van der Waals surface area contributed by atoms with Crippen LogP contribution < -0.4 is 11.1 Å². The van der Waals surface area contributed by atoms with Crippen LogP contribution in [-0.4, -0.2) is 41.9 Å². The van der Waals surface area contributed by atoms with Gasteiger partial charge in [-0.25, -0.2) is 0 Å². The summed E-state index contributed by atoms with van der Waals surface area (Å²) >= 11 is 0. The van der Waals surface area contributed by atoms with Gasteiger partial charge in [-0.15, -0.1) is 0 Å². The lowest BCUT2D eigenvalue weighted by Crippen LogP contribution is -2.58. The molecule has 1 aliphatic heterocycles. The van der Waals surface area contributed by atoms with Gasteiger partial charge in [0.15, 0.2) is 6.29 Å². The lowest BCUT2D eigenvalue weighted by molar-refractivity contribution is -0.138. The molecule has 2 unspecified atom stereocenters. The van der Waals surface area contributed by atoms with Gasteiger partial charge >= 0.3 is 6.18 Å². The molecule has 1 aliphatic rings. The number of aromatic nitrogens is 1. The third-order valence-electron chi connectivity index (χ3n) is 6.22. The molecule has 9 heteroatoms. The smallest absolute Gasteiger partial charge is 0.324 e. The molecule has 1 amide bonds. The number of nitrogens with one attached hydrogen (secondary N) is 1. The summed E-state index contributed by atoms with van der Waals surface area (Å²) in [5.41, 5.74) is 5.59. The van der Waals surface area contributed by atoms with Crippen molar-refractivity contribution in [1.29, 1.82) is 0 Å². The second kappa shape index (κ2) is 9.97. The molecular weight excluding hydrogens is 455 g/mol. The molecule has 3 atom stereocenters. The Balaban J connectivity index is 1.62. The van der Waals surface area contributed by atoms with E-state index in [9.17, 15) is 18.0 Å². The Morgan fingerprint density at radius 1 is 1.06 bits per heavy atom. The van der Waals surface area contributed by atoms with Crippen molar-refractivity contribution < 1.29 is 18.0 Å². The molecule has 0 saturated heterocycles. The zero-order valence-electron chi connectivity index (χ0n) is 19.1. The number of halogens is 3. The number of hydrogen-bond donors (Lipinski definition) is 2. The van der Waals surface area contributed by atoms with Gasteiger partial charge in [0.25, 0.3) is 0 Å². The summed E-state index contributed by atoms with van der Waals surface area (Å²) in [6, 6.07) is 17.5. The van der Waals surface area contributed by atoms with Crippen LogP contribution in [0.5, 0.6) is 0 Å². The molecule has 3 N–H and O–H groups in total. The molecule has 1 aromatic heterocycles. The highest BCUT2D eigenvalue weighted by Crippen LogP contribution is 2.38. The van der Waals surface area contributed by atoms with Crippen LogP contribution in [-0.2, 0) is 16.4 Å². The molecule has 6 nitrogen and oxygen atoms in total. The SMILES string of the molecule is CN1C(=O)C(c2ccncc2)(c2cccc(C(F)(F)F)c2)C=NC1NCC[C@@H](N)c1ccccc1. The van der Waals surface area contributed by atoms with Gasteiger partial charge < -0.3 is 10.6 Å². The molecule has 0 radical (unpaired) electrons. The van der Waals surface area contributed by atoms with Gasteiger partial charge in [0.1, 0.15) is 5.41 Å². The number of likely N-dealkylation sites (N-methyl/N-ethyl adjacent to an activating group) is 1. The highest BCUT2D eigenvalue weighted by atomic mass is 19.4. The summed E-state index contributed by atoms with van der Waals surface area (Å²) in [5, 5.41) is 3.21. The van der Waals surface area contributed by atoms with Gasteiger partial charge in [0, 0.05) is 38.2 Å². The standard InChI is InChI=1S/C26H26F3N5O/c1-34-23(35)25(19-10-13-31-14-11-19,20-8-5-9-21(16-20)26(27,28)29)17-33-24(34)32-15-12-22(30)18-6-3-2-4-7-18/h2-11,13-14,16-17,22,24,32H,12,15,30H2,1H3/t22-,24?,25?/m1/s1. The van der Waals surface area contributed by atoms with Crippen LogP contribution >= 0.6 is 0 Å². The van der Waals surface area contributed by atoms with Crippen LogP contribution in [0.2, 0.25) is 0 Å². The number of benzene rings is 2. The van der Waals surface area contributed by atoms with Gasteiger partial charge in [-0.2, -0.15) is 13.2 Å². The summed E-state index contributed by atoms with van der Waals surface area (Å²) in [5.74, 6) is -0.400. The van der Waals surface area contributed by atoms with E-state index in [1.54, 1.807) is 19.2 Å². The summed E-state index contributed by atoms with van der Waals surface area (Å²) in [6.45, 7) is 0.488. The second-order valence-corrected chi connectivity index (χ2v) is 8.45. The number of amides is 1. The number of rotatable bonds is 7. The molecule has 35 heavy (non-hydrogen) atoms. The largest absolute Gasteiger partial charge is 0.416 e. The number of nitrogens with two attached hydrogens (primary N) is 1. The molecule has 2 heterocycles. The highest BCUT2D eigenvalue weighted by Gasteiger charge is 2.47. The molecule has 0 fully saturated rings. The number of carbonyl (C=O) groups excluding carboxylic acids is 1. The molecule has 182 valence electrons. The third-order valence-corrected chi connectivity index (χ3v) is 6.22. The van der Waals surface area contributed by atoms with Crippen LogP contribution in [0.25, 0.3) is 0 Å². The van der Waals surface area contributed by atoms with Gasteiger partial charge in [-0.1, -0.05) is 48.5 Å². The fourth-order valence-corrected chi connectivity index (χ4v) is 4.27. The minimum absolute atomic E-state index is 0.182. The van der Waals surface area contributed by atoms with Crippen molar-refractivity contribution in [3.8, 4) is 0 Å². The number of carbonyl (C=O) groups is 1. The summed E-state index contributed by atoms with van der Waals surface area (Å²) in [6.07, 6.45) is -0.165. The number of nitrogens with zero attached hydrogens (tertiary/aromatic N) is 3. The summed E-state index contributed by atoms with van der Waals surface area (Å²) in [4.78, 5) is 23.8. The van der Waals surface area contributed by atoms with Gasteiger partial charge in [-0.3, -0.25) is 20.1 Å². The minimum Gasteiger partial charge on any atom is -0.324 e. The molecular formula is C26H26F3N5O. The number of hydrogen-bond acceptors (Lipinski definition) is 5. The van der Waals surface area contributed by atoms with E-state index < -0.39 is 29.4 Å². The van der Waals surface area contributed by atoms with Crippen LogP contribution in [0, 0.1) is 0 Å². The zero-order valence-corrected chi connectivity index (χ0v) is 19.1. The fourth-order valence-electron chi connectivity index (χ4n) is 4.27. The first kappa shape index (κ1) is 24.6. The third kappa shape index (κ3) is 4.96. The van der Waals surface area contributed by atoms with Crippen LogP contribution in [0.3, 0.4) is 0 Å². The van der Waals surface area contributed by atoms with Crippen LogP contribution in [0.1, 0.15) is 34.7 Å². The van der Waals surface area contributed by atoms with Crippen molar-refractivity contribution in [2.45, 2.75) is 30.3 Å². The predicted octanol–water partition coefficient (Wildman–Crippen LogP) is 3.89. The van der Waals surface area contributed by atoms with E-state index in [0.717, 1.165) is 17.7 Å². The molecule has 0 spiro atoms. The van der Waals surface area contributed by atoms with Crippen molar-refractivity contribution in [3.63, 3.8) is 0 Å². The van der Waals surface area contributed by atoms with Gasteiger partial charge in [0.2, 0.25) is 5.91 Å². The average Bonchev–Trinajstić information content (AvgIpc) is 2.87. The van der Waals surface area contributed by atoms with Crippen molar-refractivity contribution in [2.24, 2.45) is 10.7 Å². The normalized spacial score (nSPS) is 21.2. The van der Waals surface area contributed by atoms with Gasteiger partial charge in [-0.05, 0) is 41.3 Å². The monoisotopic (exact) mass is 481 g/mol. The Hall–Kier alpha value is -3.56. The molecule has 2 aromatic carbocycles. The molecule has 0 saturated carbocycles. The lowest BCUT2D eigenvalue weighted by Gasteiger charge is -2.40. The van der Waals surface area contributed by atoms with Crippen molar-refractivity contribution in [1.82, 2.24) is 15.2 Å². The Morgan fingerprint density at radius 3 is 2.46 bits per heavy atom. The lowest BCUT2D eigenvalue weighted by atomic mass is 9.73. The maximum absolute atomic E-state index is 13.8. The van der Waals surface area contributed by atoms with E-state index in [0.29, 0.717) is 18.5 Å². The topological polar surface area (TPSA) is 83.6 Å². The van der Waals surface area contributed by atoms with E-state index in [2.05, 4.69) is 15.3 Å². The zero-order chi connectivity index (χ0) is 25.1.